The number of hydrogen-bond acceptors (Lipinski definition) is 10. The number of methoxy groups -OCH3 is 1. The molecule has 0 aliphatic rings. The number of carbonyl (C=O) groups excluding carboxylic acids is 1. The lowest BCUT2D eigenvalue weighted by atomic mass is 9.98. The molecule has 11 nitrogen and oxygen atoms in total. The first-order valence-electron chi connectivity index (χ1n) is 10.7. The largest absolute Gasteiger partial charge is 0.496 e. The van der Waals surface area contributed by atoms with Gasteiger partial charge in [-0.05, 0) is 55.6 Å². The number of anilines is 1. The number of aryl methyl sites for hydroxylation is 1. The van der Waals surface area contributed by atoms with Crippen molar-refractivity contribution in [2.24, 2.45) is 0 Å². The van der Waals surface area contributed by atoms with Crippen molar-refractivity contribution < 1.29 is 27.1 Å². The highest BCUT2D eigenvalue weighted by molar-refractivity contribution is 7.89. The van der Waals surface area contributed by atoms with Crippen LogP contribution in [0.2, 0.25) is 0 Å². The maximum Gasteiger partial charge on any atom is 0.296 e. The van der Waals surface area contributed by atoms with Gasteiger partial charge in [-0.1, -0.05) is 11.2 Å². The van der Waals surface area contributed by atoms with Gasteiger partial charge in [0.15, 0.2) is 0 Å². The van der Waals surface area contributed by atoms with Crippen molar-refractivity contribution in [3.63, 3.8) is 0 Å². The van der Waals surface area contributed by atoms with E-state index in [0.717, 1.165) is 11.3 Å². The van der Waals surface area contributed by atoms with Crippen LogP contribution >= 0.6 is 11.3 Å². The summed E-state index contributed by atoms with van der Waals surface area (Å²) >= 11 is 0.973. The van der Waals surface area contributed by atoms with Crippen molar-refractivity contribution in [3.05, 3.63) is 71.6 Å². The second kappa shape index (κ2) is 10.9. The SMILES string of the molecule is CNS(=O)(=O)c1ccc(COc2nnc(NC(=O)c3cnc(C)cc3-c3c(F)cccc3OC)s2)nc1. The molecule has 1 amide bonds. The van der Waals surface area contributed by atoms with Gasteiger partial charge in [-0.3, -0.25) is 20.1 Å². The van der Waals surface area contributed by atoms with Crippen LogP contribution in [0.1, 0.15) is 21.7 Å². The van der Waals surface area contributed by atoms with E-state index in [-0.39, 0.29) is 38.7 Å². The Morgan fingerprint density at radius 2 is 1.95 bits per heavy atom. The number of amides is 1. The first-order valence-corrected chi connectivity index (χ1v) is 13.0. The number of nitrogens with one attached hydrogen (secondary N) is 2. The van der Waals surface area contributed by atoms with E-state index < -0.39 is 21.7 Å². The highest BCUT2D eigenvalue weighted by atomic mass is 32.2. The van der Waals surface area contributed by atoms with Crippen molar-refractivity contribution >= 4 is 32.4 Å². The number of sulfonamides is 1. The Balaban J connectivity index is 1.48. The van der Waals surface area contributed by atoms with Crippen LogP contribution in [0, 0.1) is 12.7 Å². The number of carbonyl (C=O) groups is 1. The summed E-state index contributed by atoms with van der Waals surface area (Å²) in [5, 5.41) is 10.7. The molecule has 0 unspecified atom stereocenters. The maximum atomic E-state index is 14.7. The number of aromatic nitrogens is 4. The van der Waals surface area contributed by atoms with Crippen LogP contribution < -0.4 is 19.5 Å². The summed E-state index contributed by atoms with van der Waals surface area (Å²) < 4.78 is 51.4. The van der Waals surface area contributed by atoms with Gasteiger partial charge >= 0.3 is 0 Å². The molecule has 0 saturated heterocycles. The molecule has 0 fully saturated rings. The molecular weight excluding hydrogens is 523 g/mol. The zero-order chi connectivity index (χ0) is 26.6. The molecule has 4 rings (SSSR count). The third-order valence-electron chi connectivity index (χ3n) is 5.10. The third kappa shape index (κ3) is 5.87. The van der Waals surface area contributed by atoms with Crippen molar-refractivity contribution in [2.75, 3.05) is 19.5 Å². The highest BCUT2D eigenvalue weighted by Gasteiger charge is 2.21. The number of benzene rings is 1. The molecular formula is C23H21FN6O5S2. The predicted octanol–water partition coefficient (Wildman–Crippen LogP) is 3.19. The summed E-state index contributed by atoms with van der Waals surface area (Å²) in [6.07, 6.45) is 2.57. The summed E-state index contributed by atoms with van der Waals surface area (Å²) in [5.41, 5.74) is 1.63. The fourth-order valence-corrected chi connectivity index (χ4v) is 4.54. The van der Waals surface area contributed by atoms with Crippen LogP contribution in [-0.4, -0.2) is 48.6 Å². The van der Waals surface area contributed by atoms with Crippen molar-refractivity contribution in [1.29, 1.82) is 0 Å². The van der Waals surface area contributed by atoms with Crippen LogP contribution in [0.3, 0.4) is 0 Å². The lowest BCUT2D eigenvalue weighted by Crippen LogP contribution is -2.18. The predicted molar refractivity (Wildman–Crippen MR) is 134 cm³/mol. The normalized spacial score (nSPS) is 11.2. The Bertz CT molecular complexity index is 1540. The lowest BCUT2D eigenvalue weighted by Gasteiger charge is -2.14. The van der Waals surface area contributed by atoms with E-state index in [1.165, 1.54) is 50.8 Å². The Labute approximate surface area is 215 Å². The molecule has 14 heteroatoms. The topological polar surface area (TPSA) is 145 Å². The average molecular weight is 545 g/mol. The van der Waals surface area contributed by atoms with E-state index in [1.807, 2.05) is 0 Å². The Kier molecular flexibility index (Phi) is 7.71. The summed E-state index contributed by atoms with van der Waals surface area (Å²) in [6, 6.07) is 8.92. The van der Waals surface area contributed by atoms with E-state index >= 15 is 0 Å². The average Bonchev–Trinajstić information content (AvgIpc) is 3.34. The summed E-state index contributed by atoms with van der Waals surface area (Å²) in [4.78, 5) is 21.3. The molecule has 0 atom stereocenters. The van der Waals surface area contributed by atoms with Crippen molar-refractivity contribution in [2.45, 2.75) is 18.4 Å². The summed E-state index contributed by atoms with van der Waals surface area (Å²) in [5.74, 6) is -0.842. The molecule has 3 heterocycles. The number of hydrogen-bond donors (Lipinski definition) is 2. The van der Waals surface area contributed by atoms with E-state index in [1.54, 1.807) is 19.1 Å². The fourth-order valence-electron chi connectivity index (χ4n) is 3.28. The van der Waals surface area contributed by atoms with E-state index in [9.17, 15) is 17.6 Å². The number of rotatable bonds is 9. The van der Waals surface area contributed by atoms with Gasteiger partial charge in [0.1, 0.15) is 23.1 Å². The van der Waals surface area contributed by atoms with Crippen LogP contribution in [0.4, 0.5) is 9.52 Å². The number of pyridine rings is 2. The molecule has 1 aromatic carbocycles. The van der Waals surface area contributed by atoms with Gasteiger partial charge in [0, 0.05) is 23.7 Å². The molecule has 4 aromatic rings. The van der Waals surface area contributed by atoms with Crippen LogP contribution in [0.5, 0.6) is 10.9 Å². The molecule has 0 spiro atoms. The number of halogens is 1. The molecule has 0 radical (unpaired) electrons. The first kappa shape index (κ1) is 26.1. The Morgan fingerprint density at radius 3 is 2.65 bits per heavy atom. The first-order chi connectivity index (χ1) is 17.7. The monoisotopic (exact) mass is 544 g/mol. The molecule has 0 bridgehead atoms. The molecule has 192 valence electrons. The maximum absolute atomic E-state index is 14.7. The fraction of sp³-hybridized carbons (Fsp3) is 0.174. The second-order valence-electron chi connectivity index (χ2n) is 7.50. The Morgan fingerprint density at radius 1 is 1.14 bits per heavy atom. The summed E-state index contributed by atoms with van der Waals surface area (Å²) in [7, 11) is -0.859. The lowest BCUT2D eigenvalue weighted by molar-refractivity contribution is 0.102. The van der Waals surface area contributed by atoms with E-state index in [4.69, 9.17) is 9.47 Å². The van der Waals surface area contributed by atoms with Gasteiger partial charge in [0.2, 0.25) is 15.2 Å². The van der Waals surface area contributed by atoms with Crippen LogP contribution in [0.15, 0.2) is 53.7 Å². The van der Waals surface area contributed by atoms with Gasteiger partial charge in [0.25, 0.3) is 11.1 Å². The minimum Gasteiger partial charge on any atom is -0.496 e. The molecule has 0 saturated carbocycles. The zero-order valence-electron chi connectivity index (χ0n) is 19.9. The molecule has 0 aliphatic carbocycles. The Hall–Kier alpha value is -4.01. The summed E-state index contributed by atoms with van der Waals surface area (Å²) in [6.45, 7) is 1.73. The van der Waals surface area contributed by atoms with Gasteiger partial charge < -0.3 is 9.47 Å². The van der Waals surface area contributed by atoms with Crippen molar-refractivity contribution in [3.8, 4) is 22.1 Å². The quantitative estimate of drug-likeness (QED) is 0.324. The number of ether oxygens (including phenoxy) is 2. The molecule has 2 N–H and O–H groups in total. The molecule has 0 aliphatic heterocycles. The van der Waals surface area contributed by atoms with Crippen LogP contribution in [0.25, 0.3) is 11.1 Å². The van der Waals surface area contributed by atoms with E-state index in [2.05, 4.69) is 30.2 Å². The van der Waals surface area contributed by atoms with E-state index in [0.29, 0.717) is 17.0 Å². The third-order valence-corrected chi connectivity index (χ3v) is 7.25. The van der Waals surface area contributed by atoms with Gasteiger partial charge in [-0.2, -0.15) is 0 Å². The minimum atomic E-state index is -3.59. The molecule has 3 aromatic heterocycles. The van der Waals surface area contributed by atoms with Gasteiger partial charge in [-0.15, -0.1) is 5.10 Å². The van der Waals surface area contributed by atoms with Crippen LogP contribution in [-0.2, 0) is 16.6 Å². The van der Waals surface area contributed by atoms with Gasteiger partial charge in [0.05, 0.1) is 23.9 Å². The zero-order valence-corrected chi connectivity index (χ0v) is 21.5. The number of nitrogens with zero attached hydrogens (tertiary/aromatic N) is 4. The smallest absolute Gasteiger partial charge is 0.296 e. The minimum absolute atomic E-state index is 0.00156. The standard InChI is InChI=1S/C23H21FN6O5S2/c1-13-9-16(20-18(24)5-4-6-19(20)34-3)17(11-26-13)21(31)28-22-29-30-23(36-22)35-12-14-7-8-15(10-27-14)37(32,33)25-2/h4-11,25H,12H2,1-3H3,(H,28,29,31). The van der Waals surface area contributed by atoms with Gasteiger partial charge in [-0.25, -0.2) is 17.5 Å². The molecule has 37 heavy (non-hydrogen) atoms. The van der Waals surface area contributed by atoms with Crippen molar-refractivity contribution in [1.82, 2.24) is 24.9 Å². The second-order valence-corrected chi connectivity index (χ2v) is 10.3. The highest BCUT2D eigenvalue weighted by Crippen LogP contribution is 2.35.